The van der Waals surface area contributed by atoms with Gasteiger partial charge in [-0.15, -0.1) is 10.2 Å². The lowest BCUT2D eigenvalue weighted by Crippen LogP contribution is -2.48. The summed E-state index contributed by atoms with van der Waals surface area (Å²) in [5.74, 6) is -1.27. The third kappa shape index (κ3) is 13.3. The van der Waals surface area contributed by atoms with Gasteiger partial charge < -0.3 is 35.6 Å². The van der Waals surface area contributed by atoms with Crippen molar-refractivity contribution in [1.82, 2.24) is 41.5 Å². The number of nitrogens with zero attached hydrogens (tertiary/aromatic N) is 4. The molecule has 0 bridgehead atoms. The van der Waals surface area contributed by atoms with Crippen LogP contribution in [0.25, 0.3) is 22.5 Å². The number of hydrogen-bond donors (Lipinski definition) is 5. The first-order chi connectivity index (χ1) is 30.3. The van der Waals surface area contributed by atoms with Gasteiger partial charge in [-0.25, -0.2) is 14.0 Å². The van der Waals surface area contributed by atoms with E-state index in [1.807, 2.05) is 65.8 Å². The summed E-state index contributed by atoms with van der Waals surface area (Å²) < 4.78 is 26.3. The van der Waals surface area contributed by atoms with Gasteiger partial charge in [0.25, 0.3) is 5.91 Å². The number of aromatic amines is 1. The van der Waals surface area contributed by atoms with E-state index in [4.69, 9.17) is 9.47 Å². The van der Waals surface area contributed by atoms with Crippen molar-refractivity contribution in [3.8, 4) is 22.5 Å². The Labute approximate surface area is 373 Å². The number of ether oxygens (including phenoxy) is 2. The molecule has 1 aliphatic heterocycles. The largest absolute Gasteiger partial charge is 0.444 e. The van der Waals surface area contributed by atoms with Gasteiger partial charge in [-0.2, -0.15) is 5.21 Å². The van der Waals surface area contributed by atoms with Crippen molar-refractivity contribution < 1.29 is 37.8 Å². The molecule has 64 heavy (non-hydrogen) atoms. The van der Waals surface area contributed by atoms with Crippen molar-refractivity contribution in [2.75, 3.05) is 25.0 Å². The monoisotopic (exact) mass is 881 g/mol. The maximum absolute atomic E-state index is 15.4. The number of aromatic nitrogens is 4. The maximum Gasteiger partial charge on any atom is 0.410 e. The van der Waals surface area contributed by atoms with E-state index in [0.717, 1.165) is 18.4 Å². The molecule has 2 aliphatic rings. The van der Waals surface area contributed by atoms with Crippen molar-refractivity contribution >= 4 is 35.6 Å². The molecular formula is C47H60FN9O7. The van der Waals surface area contributed by atoms with Crippen molar-refractivity contribution in [1.29, 1.82) is 0 Å². The van der Waals surface area contributed by atoms with E-state index in [2.05, 4.69) is 41.9 Å². The summed E-state index contributed by atoms with van der Waals surface area (Å²) in [6.07, 6.45) is 3.06. The van der Waals surface area contributed by atoms with Crippen LogP contribution in [0.15, 0.2) is 60.7 Å². The molecule has 6 rings (SSSR count). The molecule has 4 aromatic rings. The van der Waals surface area contributed by atoms with Gasteiger partial charge in [0.2, 0.25) is 17.6 Å². The second-order valence-electron chi connectivity index (χ2n) is 18.7. The van der Waals surface area contributed by atoms with Crippen LogP contribution < -0.4 is 21.3 Å². The smallest absolute Gasteiger partial charge is 0.410 e. The topological polar surface area (TPSA) is 210 Å². The third-order valence-electron chi connectivity index (χ3n) is 11.3. The van der Waals surface area contributed by atoms with Gasteiger partial charge in [-0.3, -0.25) is 14.4 Å². The summed E-state index contributed by atoms with van der Waals surface area (Å²) in [5, 5.41) is 25.8. The molecule has 1 atom stereocenters. The number of rotatable bonds is 12. The van der Waals surface area contributed by atoms with Gasteiger partial charge in [0.1, 0.15) is 23.1 Å². The number of benzene rings is 3. The van der Waals surface area contributed by atoms with E-state index in [9.17, 15) is 24.0 Å². The number of amides is 5. The Balaban J connectivity index is 1.11. The van der Waals surface area contributed by atoms with Gasteiger partial charge in [0.05, 0.1) is 0 Å². The minimum absolute atomic E-state index is 0.163. The molecule has 5 amide bonds. The maximum atomic E-state index is 15.4. The molecule has 342 valence electrons. The highest BCUT2D eigenvalue weighted by molar-refractivity contribution is 5.98. The zero-order valence-corrected chi connectivity index (χ0v) is 37.7. The minimum Gasteiger partial charge on any atom is -0.444 e. The van der Waals surface area contributed by atoms with E-state index >= 15 is 4.39 Å². The van der Waals surface area contributed by atoms with Crippen LogP contribution in [0, 0.1) is 24.6 Å². The summed E-state index contributed by atoms with van der Waals surface area (Å²) in [7, 11) is 0. The lowest BCUT2D eigenvalue weighted by atomic mass is 9.81. The van der Waals surface area contributed by atoms with Crippen LogP contribution in [0.4, 0.5) is 19.7 Å². The molecule has 2 fully saturated rings. The van der Waals surface area contributed by atoms with Crippen molar-refractivity contribution in [2.24, 2.45) is 11.8 Å². The SMILES string of the molecule is Cc1c(F)cc(C(=O)NC2CCN(C(=O)OC(C)(C)C)CC2)cc1-c1ccc(C[C@H](NC(=O)C2CCC(CNC(=O)OC(C)(C)C)CC2)C(=O)Nc2ccc(-c3nn[nH]n3)cc2)cc1. The predicted octanol–water partition coefficient (Wildman–Crippen LogP) is 7.11. The number of carbonyl (C=O) groups excluding carboxylic acids is 5. The molecular weight excluding hydrogens is 822 g/mol. The summed E-state index contributed by atoms with van der Waals surface area (Å²) in [6, 6.07) is 16.0. The van der Waals surface area contributed by atoms with Crippen molar-refractivity contribution in [2.45, 2.75) is 117 Å². The minimum atomic E-state index is -0.941. The van der Waals surface area contributed by atoms with E-state index in [-0.39, 0.29) is 41.9 Å². The van der Waals surface area contributed by atoms with Crippen LogP contribution in [0.1, 0.15) is 102 Å². The van der Waals surface area contributed by atoms with Gasteiger partial charge in [0, 0.05) is 54.8 Å². The Morgan fingerprint density at radius 2 is 1.48 bits per heavy atom. The molecule has 1 saturated heterocycles. The second-order valence-corrected chi connectivity index (χ2v) is 18.7. The first-order valence-electron chi connectivity index (χ1n) is 21.9. The van der Waals surface area contributed by atoms with Gasteiger partial charge >= 0.3 is 12.2 Å². The van der Waals surface area contributed by atoms with Crippen LogP contribution in [0.2, 0.25) is 0 Å². The van der Waals surface area contributed by atoms with Crippen molar-refractivity contribution in [3.05, 3.63) is 83.2 Å². The molecule has 1 saturated carbocycles. The van der Waals surface area contributed by atoms with Gasteiger partial charge in [-0.1, -0.05) is 24.3 Å². The number of hydrogen-bond acceptors (Lipinski definition) is 10. The fraction of sp³-hybridized carbons (Fsp3) is 0.489. The van der Waals surface area contributed by atoms with E-state index in [1.165, 1.54) is 6.07 Å². The van der Waals surface area contributed by atoms with Crippen molar-refractivity contribution in [3.63, 3.8) is 0 Å². The Morgan fingerprint density at radius 3 is 2.09 bits per heavy atom. The molecule has 16 nitrogen and oxygen atoms in total. The fourth-order valence-electron chi connectivity index (χ4n) is 7.85. The Hall–Kier alpha value is -6.39. The third-order valence-corrected chi connectivity index (χ3v) is 11.3. The van der Waals surface area contributed by atoms with E-state index in [0.29, 0.717) is 79.1 Å². The Kier molecular flexibility index (Phi) is 15.0. The zero-order valence-electron chi connectivity index (χ0n) is 37.7. The normalized spacial score (nSPS) is 17.5. The molecule has 0 unspecified atom stereocenters. The number of piperidine rings is 1. The van der Waals surface area contributed by atoms with Crippen LogP contribution in [-0.2, 0) is 25.5 Å². The second kappa shape index (κ2) is 20.4. The fourth-order valence-corrected chi connectivity index (χ4v) is 7.85. The molecule has 5 N–H and O–H groups in total. The summed E-state index contributed by atoms with van der Waals surface area (Å²) in [5.41, 5.74) is 2.52. The van der Waals surface area contributed by atoms with Crippen LogP contribution in [0.3, 0.4) is 0 Å². The lowest BCUT2D eigenvalue weighted by molar-refractivity contribution is -0.130. The number of alkyl carbamates (subject to hydrolysis) is 1. The number of carbonyl (C=O) groups is 5. The Bertz CT molecular complexity index is 2260. The van der Waals surface area contributed by atoms with Crippen LogP contribution >= 0.6 is 0 Å². The number of nitrogens with one attached hydrogen (secondary N) is 5. The first kappa shape index (κ1) is 47.1. The molecule has 1 aliphatic carbocycles. The highest BCUT2D eigenvalue weighted by atomic mass is 19.1. The summed E-state index contributed by atoms with van der Waals surface area (Å²) >= 11 is 0. The molecule has 17 heteroatoms. The van der Waals surface area contributed by atoms with Gasteiger partial charge in [-0.05, 0) is 157 Å². The van der Waals surface area contributed by atoms with Crippen LogP contribution in [-0.4, -0.2) is 98.4 Å². The standard InChI is InChI=1S/C47H60FN9O7/c1-28-37(25-34(26-38(28)48)42(59)50-36-20-22-57(23-21-36)45(62)64-47(5,6)7)31-12-8-29(9-13-31)24-39(43(60)51-35-18-16-32(17-19-35)40-53-55-56-54-40)52-41(58)33-14-10-30(11-15-33)27-49-44(61)63-46(2,3)4/h8-9,12-13,16-19,25-26,30,33,36,39H,10-11,14-15,20-24,27H2,1-7H3,(H,49,61)(H,50,59)(H,51,60)(H,52,58)(H,53,54,55,56)/t30?,33?,39-/m0/s1. The highest BCUT2D eigenvalue weighted by Gasteiger charge is 2.31. The molecule has 2 heterocycles. The van der Waals surface area contributed by atoms with Gasteiger partial charge in [0.15, 0.2) is 0 Å². The highest BCUT2D eigenvalue weighted by Crippen LogP contribution is 2.30. The number of anilines is 1. The number of likely N-dealkylation sites (tertiary alicyclic amines) is 1. The molecule has 0 radical (unpaired) electrons. The predicted molar refractivity (Wildman–Crippen MR) is 238 cm³/mol. The molecule has 0 spiro atoms. The lowest BCUT2D eigenvalue weighted by Gasteiger charge is -2.33. The number of halogens is 1. The molecule has 3 aromatic carbocycles. The first-order valence-corrected chi connectivity index (χ1v) is 21.9. The van der Waals surface area contributed by atoms with E-state index < -0.39 is 41.0 Å². The summed E-state index contributed by atoms with van der Waals surface area (Å²) in [4.78, 5) is 67.5. The average Bonchev–Trinajstić information content (AvgIpc) is 3.79. The van der Waals surface area contributed by atoms with Crippen LogP contribution in [0.5, 0.6) is 0 Å². The zero-order chi connectivity index (χ0) is 46.2. The number of H-pyrrole nitrogens is 1. The number of tetrazole rings is 1. The van der Waals surface area contributed by atoms with E-state index in [1.54, 1.807) is 42.2 Å². The average molecular weight is 882 g/mol. The Morgan fingerprint density at radius 1 is 0.844 bits per heavy atom. The molecule has 1 aromatic heterocycles. The quantitative estimate of drug-likeness (QED) is 0.0974. The summed E-state index contributed by atoms with van der Waals surface area (Å²) in [6.45, 7) is 13.8.